The Balaban J connectivity index is 2.74. The van der Waals surface area contributed by atoms with Gasteiger partial charge in [-0.2, -0.15) is 0 Å². The molecule has 0 amide bonds. The van der Waals surface area contributed by atoms with Crippen molar-refractivity contribution in [1.82, 2.24) is 9.88 Å². The lowest BCUT2D eigenvalue weighted by Crippen LogP contribution is -2.30. The molecule has 0 fully saturated rings. The molecule has 1 rings (SSSR count). The monoisotopic (exact) mass is 250 g/mol. The molecule has 0 saturated heterocycles. The quantitative estimate of drug-likeness (QED) is 0.793. The largest absolute Gasteiger partial charge is 0.358 e. The van der Waals surface area contributed by atoms with Crippen LogP contribution in [0.1, 0.15) is 18.9 Å². The molecule has 1 atom stereocenters. The van der Waals surface area contributed by atoms with Gasteiger partial charge < -0.3 is 15.5 Å². The highest BCUT2D eigenvalue weighted by Crippen LogP contribution is 2.17. The van der Waals surface area contributed by atoms with E-state index in [-0.39, 0.29) is 6.04 Å². The summed E-state index contributed by atoms with van der Waals surface area (Å²) in [5.41, 5.74) is 7.29. The number of nitrogens with two attached hydrogens (primary N) is 1. The Bertz CT molecular complexity index is 351. The van der Waals surface area contributed by atoms with E-state index >= 15 is 0 Å². The van der Waals surface area contributed by atoms with Crippen LogP contribution in [-0.4, -0.2) is 50.2 Å². The summed E-state index contributed by atoms with van der Waals surface area (Å²) in [7, 11) is 6.26. The van der Waals surface area contributed by atoms with Gasteiger partial charge in [0.15, 0.2) is 0 Å². The van der Waals surface area contributed by atoms with Crippen LogP contribution < -0.4 is 10.6 Å². The normalized spacial score (nSPS) is 12.8. The summed E-state index contributed by atoms with van der Waals surface area (Å²) in [5.74, 6) is 1.06. The van der Waals surface area contributed by atoms with Gasteiger partial charge in [0.1, 0.15) is 5.82 Å². The number of rotatable bonds is 7. The van der Waals surface area contributed by atoms with Gasteiger partial charge in [-0.3, -0.25) is 0 Å². The highest BCUT2D eigenvalue weighted by molar-refractivity contribution is 5.46. The van der Waals surface area contributed by atoms with E-state index in [2.05, 4.69) is 48.9 Å². The van der Waals surface area contributed by atoms with Crippen molar-refractivity contribution < 1.29 is 0 Å². The van der Waals surface area contributed by atoms with E-state index in [0.29, 0.717) is 0 Å². The minimum absolute atomic E-state index is 0.218. The standard InChI is InChI=1S/C14H26N4/c1-5-13(15)11-12-7-6-8-16-14(12)18(4)10-9-17(2)3/h6-8,13H,5,9-11,15H2,1-4H3. The predicted octanol–water partition coefficient (Wildman–Crippen LogP) is 1.36. The van der Waals surface area contributed by atoms with Crippen LogP contribution in [-0.2, 0) is 6.42 Å². The zero-order chi connectivity index (χ0) is 13.5. The first-order valence-corrected chi connectivity index (χ1v) is 6.60. The molecule has 1 heterocycles. The molecule has 0 aliphatic rings. The summed E-state index contributed by atoms with van der Waals surface area (Å²) in [6.07, 6.45) is 3.74. The fourth-order valence-corrected chi connectivity index (χ4v) is 1.82. The molecule has 0 spiro atoms. The van der Waals surface area contributed by atoms with Crippen LogP contribution in [0.25, 0.3) is 0 Å². The number of pyridine rings is 1. The van der Waals surface area contributed by atoms with Crippen molar-refractivity contribution >= 4 is 5.82 Å². The van der Waals surface area contributed by atoms with Crippen molar-refractivity contribution in [3.8, 4) is 0 Å². The fraction of sp³-hybridized carbons (Fsp3) is 0.643. The van der Waals surface area contributed by atoms with Gasteiger partial charge in [-0.15, -0.1) is 0 Å². The van der Waals surface area contributed by atoms with Gasteiger partial charge in [0.05, 0.1) is 0 Å². The second kappa shape index (κ2) is 7.34. The van der Waals surface area contributed by atoms with Crippen molar-refractivity contribution in [2.24, 2.45) is 5.73 Å². The maximum absolute atomic E-state index is 6.04. The molecule has 2 N–H and O–H groups in total. The Labute approximate surface area is 111 Å². The highest BCUT2D eigenvalue weighted by Gasteiger charge is 2.11. The maximum atomic E-state index is 6.04. The maximum Gasteiger partial charge on any atom is 0.131 e. The number of hydrogen-bond acceptors (Lipinski definition) is 4. The average Bonchev–Trinajstić information content (AvgIpc) is 2.36. The summed E-state index contributed by atoms with van der Waals surface area (Å²) >= 11 is 0. The Morgan fingerprint density at radius 2 is 2.00 bits per heavy atom. The van der Waals surface area contributed by atoms with Gasteiger partial charge in [-0.25, -0.2) is 4.98 Å². The summed E-state index contributed by atoms with van der Waals surface area (Å²) in [5, 5.41) is 0. The van der Waals surface area contributed by atoms with Crippen molar-refractivity contribution in [3.05, 3.63) is 23.9 Å². The van der Waals surface area contributed by atoms with Crippen LogP contribution >= 0.6 is 0 Å². The van der Waals surface area contributed by atoms with Crippen molar-refractivity contribution in [2.75, 3.05) is 39.1 Å². The first-order chi connectivity index (χ1) is 8.54. The van der Waals surface area contributed by atoms with E-state index in [0.717, 1.165) is 31.7 Å². The molecule has 4 heteroatoms. The fourth-order valence-electron chi connectivity index (χ4n) is 1.82. The second-order valence-corrected chi connectivity index (χ2v) is 5.08. The number of anilines is 1. The molecule has 0 bridgehead atoms. The molecule has 18 heavy (non-hydrogen) atoms. The molecule has 4 nitrogen and oxygen atoms in total. The third-order valence-corrected chi connectivity index (χ3v) is 3.12. The van der Waals surface area contributed by atoms with Crippen LogP contribution in [0.2, 0.25) is 0 Å². The van der Waals surface area contributed by atoms with Gasteiger partial charge >= 0.3 is 0 Å². The highest BCUT2D eigenvalue weighted by atomic mass is 15.2. The molecule has 1 unspecified atom stereocenters. The number of aromatic nitrogens is 1. The zero-order valence-electron chi connectivity index (χ0n) is 12.1. The van der Waals surface area contributed by atoms with Crippen molar-refractivity contribution in [1.29, 1.82) is 0 Å². The molecule has 0 aromatic carbocycles. The Morgan fingerprint density at radius 1 is 1.28 bits per heavy atom. The minimum atomic E-state index is 0.218. The van der Waals surface area contributed by atoms with E-state index in [1.54, 1.807) is 0 Å². The van der Waals surface area contributed by atoms with E-state index in [9.17, 15) is 0 Å². The molecular formula is C14H26N4. The Morgan fingerprint density at radius 3 is 2.61 bits per heavy atom. The molecule has 0 saturated carbocycles. The van der Waals surface area contributed by atoms with Gasteiger partial charge in [0.2, 0.25) is 0 Å². The molecule has 0 aliphatic carbocycles. The smallest absolute Gasteiger partial charge is 0.131 e. The van der Waals surface area contributed by atoms with Crippen molar-refractivity contribution in [2.45, 2.75) is 25.8 Å². The first-order valence-electron chi connectivity index (χ1n) is 6.60. The van der Waals surface area contributed by atoms with Gasteiger partial charge in [0.25, 0.3) is 0 Å². The predicted molar refractivity (Wildman–Crippen MR) is 78.0 cm³/mol. The zero-order valence-corrected chi connectivity index (χ0v) is 12.1. The van der Waals surface area contributed by atoms with E-state index in [1.165, 1.54) is 5.56 Å². The summed E-state index contributed by atoms with van der Waals surface area (Å²) in [4.78, 5) is 8.88. The lowest BCUT2D eigenvalue weighted by atomic mass is 10.1. The van der Waals surface area contributed by atoms with Crippen LogP contribution in [0, 0.1) is 0 Å². The summed E-state index contributed by atoms with van der Waals surface area (Å²) in [6.45, 7) is 4.11. The third-order valence-electron chi connectivity index (χ3n) is 3.12. The number of hydrogen-bond donors (Lipinski definition) is 1. The van der Waals surface area contributed by atoms with E-state index in [1.807, 2.05) is 12.3 Å². The van der Waals surface area contributed by atoms with Gasteiger partial charge in [0, 0.05) is 32.4 Å². The number of nitrogens with zero attached hydrogens (tertiary/aromatic N) is 3. The molecule has 102 valence electrons. The van der Waals surface area contributed by atoms with Crippen LogP contribution in [0.3, 0.4) is 0 Å². The number of likely N-dealkylation sites (N-methyl/N-ethyl adjacent to an activating group) is 2. The lowest BCUT2D eigenvalue weighted by molar-refractivity contribution is 0.416. The topological polar surface area (TPSA) is 45.4 Å². The Hall–Kier alpha value is -1.13. The van der Waals surface area contributed by atoms with Crippen LogP contribution in [0.4, 0.5) is 5.82 Å². The summed E-state index contributed by atoms with van der Waals surface area (Å²) < 4.78 is 0. The van der Waals surface area contributed by atoms with Gasteiger partial charge in [-0.05, 0) is 38.6 Å². The lowest BCUT2D eigenvalue weighted by Gasteiger charge is -2.23. The molecule has 1 aromatic heterocycles. The average molecular weight is 250 g/mol. The van der Waals surface area contributed by atoms with Crippen LogP contribution in [0.5, 0.6) is 0 Å². The van der Waals surface area contributed by atoms with Gasteiger partial charge in [-0.1, -0.05) is 13.0 Å². The molecular weight excluding hydrogens is 224 g/mol. The molecule has 1 aromatic rings. The van der Waals surface area contributed by atoms with E-state index < -0.39 is 0 Å². The first kappa shape index (κ1) is 14.9. The van der Waals surface area contributed by atoms with Crippen molar-refractivity contribution in [3.63, 3.8) is 0 Å². The molecule has 0 radical (unpaired) electrons. The third kappa shape index (κ3) is 4.63. The SMILES string of the molecule is CCC(N)Cc1cccnc1N(C)CCN(C)C. The second-order valence-electron chi connectivity index (χ2n) is 5.08. The van der Waals surface area contributed by atoms with E-state index in [4.69, 9.17) is 5.73 Å². The molecule has 0 aliphatic heterocycles. The Kier molecular flexibility index (Phi) is 6.09. The minimum Gasteiger partial charge on any atom is -0.358 e. The summed E-state index contributed by atoms with van der Waals surface area (Å²) in [6, 6.07) is 4.33. The van der Waals surface area contributed by atoms with Crippen LogP contribution in [0.15, 0.2) is 18.3 Å².